The lowest BCUT2D eigenvalue weighted by molar-refractivity contribution is -0.119. The summed E-state index contributed by atoms with van der Waals surface area (Å²) < 4.78 is 24.9. The molecule has 9 heteroatoms. The summed E-state index contributed by atoms with van der Waals surface area (Å²) >= 11 is 17.8. The molecule has 0 spiro atoms. The summed E-state index contributed by atoms with van der Waals surface area (Å²) in [5.41, 5.74) is 0.113. The van der Waals surface area contributed by atoms with Crippen LogP contribution < -0.4 is 9.62 Å². The van der Waals surface area contributed by atoms with E-state index in [1.54, 1.807) is 0 Å². The Labute approximate surface area is 151 Å². The fraction of sp³-hybridized carbons (Fsp3) is 0.500. The zero-order chi connectivity index (χ0) is 17.8. The van der Waals surface area contributed by atoms with Crippen molar-refractivity contribution in [1.82, 2.24) is 5.32 Å². The van der Waals surface area contributed by atoms with Crippen LogP contribution in [0.4, 0.5) is 5.69 Å². The molecule has 5 nitrogen and oxygen atoms in total. The van der Waals surface area contributed by atoms with Crippen molar-refractivity contribution < 1.29 is 13.2 Å². The standard InChI is InChI=1S/C14H19Cl3N2O3S/c1-9(2)4-5-18-14(20)8-19(23(3,21)22)13-7-11(16)10(15)6-12(13)17/h6-7,9H,4-5,8H2,1-3H3,(H,18,20). The van der Waals surface area contributed by atoms with Crippen LogP contribution in [0.2, 0.25) is 15.1 Å². The Morgan fingerprint density at radius 1 is 1.17 bits per heavy atom. The van der Waals surface area contributed by atoms with E-state index in [4.69, 9.17) is 34.8 Å². The molecule has 1 N–H and O–H groups in total. The van der Waals surface area contributed by atoms with Gasteiger partial charge in [0.15, 0.2) is 0 Å². The first-order valence-corrected chi connectivity index (χ1v) is 9.89. The second-order valence-corrected chi connectivity index (χ2v) is 8.65. The summed E-state index contributed by atoms with van der Waals surface area (Å²) in [6, 6.07) is 2.67. The zero-order valence-electron chi connectivity index (χ0n) is 13.1. The van der Waals surface area contributed by atoms with Crippen LogP contribution in [0.15, 0.2) is 12.1 Å². The highest BCUT2D eigenvalue weighted by Gasteiger charge is 2.24. The highest BCUT2D eigenvalue weighted by molar-refractivity contribution is 7.92. The van der Waals surface area contributed by atoms with Crippen molar-refractivity contribution in [1.29, 1.82) is 0 Å². The lowest BCUT2D eigenvalue weighted by atomic mass is 10.1. The second kappa shape index (κ2) is 8.42. The predicted molar refractivity (Wildman–Crippen MR) is 96.1 cm³/mol. The van der Waals surface area contributed by atoms with E-state index in [9.17, 15) is 13.2 Å². The summed E-state index contributed by atoms with van der Waals surface area (Å²) in [5.74, 6) is 0.0176. The third-order valence-electron chi connectivity index (χ3n) is 2.99. The lowest BCUT2D eigenvalue weighted by Crippen LogP contribution is -2.41. The van der Waals surface area contributed by atoms with Crippen LogP contribution in [0.5, 0.6) is 0 Å². The van der Waals surface area contributed by atoms with E-state index in [1.165, 1.54) is 12.1 Å². The highest BCUT2D eigenvalue weighted by Crippen LogP contribution is 2.35. The molecule has 0 saturated heterocycles. The Kier molecular flexibility index (Phi) is 7.45. The first-order chi connectivity index (χ1) is 10.5. The Morgan fingerprint density at radius 3 is 2.26 bits per heavy atom. The summed E-state index contributed by atoms with van der Waals surface area (Å²) in [5, 5.41) is 3.14. The molecule has 1 rings (SSSR count). The monoisotopic (exact) mass is 400 g/mol. The van der Waals surface area contributed by atoms with E-state index >= 15 is 0 Å². The first-order valence-electron chi connectivity index (χ1n) is 6.91. The SMILES string of the molecule is CC(C)CCNC(=O)CN(c1cc(Cl)c(Cl)cc1Cl)S(C)(=O)=O. The van der Waals surface area contributed by atoms with Gasteiger partial charge in [0.1, 0.15) is 6.54 Å². The van der Waals surface area contributed by atoms with Crippen LogP contribution in [0.25, 0.3) is 0 Å². The van der Waals surface area contributed by atoms with E-state index in [1.807, 2.05) is 13.8 Å². The molecule has 23 heavy (non-hydrogen) atoms. The van der Waals surface area contributed by atoms with Crippen molar-refractivity contribution in [3.8, 4) is 0 Å². The van der Waals surface area contributed by atoms with Gasteiger partial charge in [-0.15, -0.1) is 0 Å². The van der Waals surface area contributed by atoms with Crippen LogP contribution in [-0.4, -0.2) is 33.7 Å². The van der Waals surface area contributed by atoms with Crippen molar-refractivity contribution >= 4 is 56.4 Å². The number of nitrogens with zero attached hydrogens (tertiary/aromatic N) is 1. The summed E-state index contributed by atoms with van der Waals surface area (Å²) in [7, 11) is -3.72. The quantitative estimate of drug-likeness (QED) is 0.710. The summed E-state index contributed by atoms with van der Waals surface area (Å²) in [6.45, 7) is 4.16. The van der Waals surface area contributed by atoms with E-state index < -0.39 is 15.9 Å². The van der Waals surface area contributed by atoms with Gasteiger partial charge in [-0.3, -0.25) is 9.10 Å². The summed E-state index contributed by atoms with van der Waals surface area (Å²) in [4.78, 5) is 12.0. The molecule has 0 aliphatic heterocycles. The van der Waals surface area contributed by atoms with Gasteiger partial charge in [-0.2, -0.15) is 0 Å². The number of amides is 1. The van der Waals surface area contributed by atoms with Gasteiger partial charge in [0.2, 0.25) is 15.9 Å². The molecule has 0 atom stereocenters. The number of benzene rings is 1. The Bertz CT molecular complexity index is 678. The van der Waals surface area contributed by atoms with E-state index in [-0.39, 0.29) is 27.3 Å². The van der Waals surface area contributed by atoms with Crippen LogP contribution in [0.1, 0.15) is 20.3 Å². The number of carbonyl (C=O) groups is 1. The topological polar surface area (TPSA) is 66.5 Å². The molecule has 1 aromatic rings. The number of rotatable bonds is 7. The van der Waals surface area contributed by atoms with Crippen molar-refractivity contribution in [2.75, 3.05) is 23.7 Å². The number of nitrogens with one attached hydrogen (secondary N) is 1. The molecule has 0 saturated carbocycles. The third kappa shape index (κ3) is 6.37. The highest BCUT2D eigenvalue weighted by atomic mass is 35.5. The lowest BCUT2D eigenvalue weighted by Gasteiger charge is -2.23. The van der Waals surface area contributed by atoms with Gasteiger partial charge in [0.25, 0.3) is 0 Å². The Morgan fingerprint density at radius 2 is 1.74 bits per heavy atom. The van der Waals surface area contributed by atoms with Crippen molar-refractivity contribution in [2.24, 2.45) is 5.92 Å². The maximum Gasteiger partial charge on any atom is 0.240 e. The van der Waals surface area contributed by atoms with Gasteiger partial charge in [-0.1, -0.05) is 48.7 Å². The van der Waals surface area contributed by atoms with Gasteiger partial charge in [0.05, 0.1) is 27.0 Å². The third-order valence-corrected chi connectivity index (χ3v) is 5.14. The number of sulfonamides is 1. The molecule has 0 heterocycles. The van der Waals surface area contributed by atoms with Crippen LogP contribution in [-0.2, 0) is 14.8 Å². The van der Waals surface area contributed by atoms with E-state index in [0.717, 1.165) is 17.0 Å². The molecule has 130 valence electrons. The molecule has 0 aliphatic carbocycles. The van der Waals surface area contributed by atoms with Gasteiger partial charge >= 0.3 is 0 Å². The van der Waals surface area contributed by atoms with E-state index in [2.05, 4.69) is 5.32 Å². The van der Waals surface area contributed by atoms with Gasteiger partial charge < -0.3 is 5.32 Å². The van der Waals surface area contributed by atoms with E-state index in [0.29, 0.717) is 12.5 Å². The summed E-state index contributed by atoms with van der Waals surface area (Å²) in [6.07, 6.45) is 1.80. The number of halogens is 3. The zero-order valence-corrected chi connectivity index (χ0v) is 16.2. The fourth-order valence-corrected chi connectivity index (χ4v) is 3.32. The maximum absolute atomic E-state index is 12.0. The first kappa shape index (κ1) is 20.4. The Balaban J connectivity index is 2.99. The number of hydrogen-bond donors (Lipinski definition) is 1. The smallest absolute Gasteiger partial charge is 0.240 e. The number of carbonyl (C=O) groups excluding carboxylic acids is 1. The molecule has 1 amide bonds. The van der Waals surface area contributed by atoms with Crippen molar-refractivity contribution in [3.63, 3.8) is 0 Å². The molecule has 1 aromatic carbocycles. The number of anilines is 1. The average Bonchev–Trinajstić information content (AvgIpc) is 2.39. The minimum atomic E-state index is -3.72. The van der Waals surface area contributed by atoms with Crippen molar-refractivity contribution in [2.45, 2.75) is 20.3 Å². The van der Waals surface area contributed by atoms with Gasteiger partial charge in [-0.25, -0.2) is 8.42 Å². The maximum atomic E-state index is 12.0. The molecule has 0 bridgehead atoms. The normalized spacial score (nSPS) is 11.6. The molecule has 0 aromatic heterocycles. The van der Waals surface area contributed by atoms with Gasteiger partial charge in [0, 0.05) is 6.54 Å². The average molecular weight is 402 g/mol. The second-order valence-electron chi connectivity index (χ2n) is 5.52. The molecule has 0 fully saturated rings. The fourth-order valence-electron chi connectivity index (χ4n) is 1.77. The molecular formula is C14H19Cl3N2O3S. The minimum Gasteiger partial charge on any atom is -0.355 e. The van der Waals surface area contributed by atoms with Crippen molar-refractivity contribution in [3.05, 3.63) is 27.2 Å². The molecule has 0 aliphatic rings. The largest absolute Gasteiger partial charge is 0.355 e. The van der Waals surface area contributed by atoms with Gasteiger partial charge in [-0.05, 0) is 24.5 Å². The number of hydrogen-bond acceptors (Lipinski definition) is 3. The molecular weight excluding hydrogens is 383 g/mol. The van der Waals surface area contributed by atoms with Crippen LogP contribution in [0.3, 0.4) is 0 Å². The van der Waals surface area contributed by atoms with Crippen LogP contribution in [0, 0.1) is 5.92 Å². The minimum absolute atomic E-state index is 0.0970. The Hall–Kier alpha value is -0.690. The molecule has 0 unspecified atom stereocenters. The predicted octanol–water partition coefficient (Wildman–Crippen LogP) is 3.58. The molecule has 0 radical (unpaired) electrons. The van der Waals surface area contributed by atoms with Crippen LogP contribution >= 0.6 is 34.8 Å².